The van der Waals surface area contributed by atoms with Crippen molar-refractivity contribution in [2.45, 2.75) is 43.2 Å². The second-order valence-electron chi connectivity index (χ2n) is 7.45. The van der Waals surface area contributed by atoms with Gasteiger partial charge in [-0.1, -0.05) is 0 Å². The van der Waals surface area contributed by atoms with Crippen molar-refractivity contribution >= 4 is 106 Å². The molecule has 0 aliphatic carbocycles. The van der Waals surface area contributed by atoms with Gasteiger partial charge in [-0.05, 0) is 70.2 Å². The standard InChI is InChI=1S/C14H12I2O18S6/c1-3-5(11(37(23,24)25)13(39(29,30)31)7(15)9(3)35(17,18)19)6-4(2)10(36(20,21)22)8(16)14(40(32,33)34)12(6)38(26,27)28/h1-2H3,(H,17,18,19)(H,20,21,22)(H,23,24,25)(H,26,27,28)(H,29,30,31)(H,32,33,34). The largest absolute Gasteiger partial charge is 0.297 e. The summed E-state index contributed by atoms with van der Waals surface area (Å²) in [4.78, 5) is -11.4. The van der Waals surface area contributed by atoms with E-state index in [0.717, 1.165) is 45.2 Å². The fourth-order valence-corrected chi connectivity index (χ4v) is 14.8. The zero-order chi connectivity index (χ0) is 31.9. The van der Waals surface area contributed by atoms with Crippen molar-refractivity contribution < 1.29 is 77.8 Å². The van der Waals surface area contributed by atoms with Crippen LogP contribution in [-0.4, -0.2) is 77.8 Å². The van der Waals surface area contributed by atoms with Crippen LogP contribution in [0, 0.1) is 21.0 Å². The average Bonchev–Trinajstić information content (AvgIpc) is 2.61. The van der Waals surface area contributed by atoms with Crippen LogP contribution in [0.15, 0.2) is 29.4 Å². The Bertz CT molecular complexity index is 2010. The maximum Gasteiger partial charge on any atom is 0.297 e. The second kappa shape index (κ2) is 10.5. The Labute approximate surface area is 254 Å². The third kappa shape index (κ3) is 6.47. The van der Waals surface area contributed by atoms with Crippen molar-refractivity contribution in [2.24, 2.45) is 0 Å². The van der Waals surface area contributed by atoms with Gasteiger partial charge in [0, 0.05) is 11.1 Å². The Morgan fingerprint density at radius 3 is 0.700 bits per heavy atom. The third-order valence-corrected chi connectivity index (χ3v) is 14.5. The van der Waals surface area contributed by atoms with E-state index in [4.69, 9.17) is 0 Å². The molecule has 18 nitrogen and oxygen atoms in total. The van der Waals surface area contributed by atoms with Crippen LogP contribution in [-0.2, 0) is 60.7 Å². The highest BCUT2D eigenvalue weighted by molar-refractivity contribution is 14.1. The van der Waals surface area contributed by atoms with Gasteiger partial charge in [0.2, 0.25) is 0 Å². The van der Waals surface area contributed by atoms with Gasteiger partial charge in [0.05, 0.1) is 7.14 Å². The molecule has 0 saturated carbocycles. The molecule has 0 aliphatic rings. The number of hydrogen-bond acceptors (Lipinski definition) is 12. The number of halogens is 2. The van der Waals surface area contributed by atoms with E-state index in [1.54, 1.807) is 0 Å². The molecule has 40 heavy (non-hydrogen) atoms. The van der Waals surface area contributed by atoms with Crippen LogP contribution < -0.4 is 0 Å². The van der Waals surface area contributed by atoms with Crippen molar-refractivity contribution in [3.05, 3.63) is 18.3 Å². The fraction of sp³-hybridized carbons (Fsp3) is 0.143. The monoisotopic (exact) mass is 914 g/mol. The smallest absolute Gasteiger partial charge is 0.282 e. The van der Waals surface area contributed by atoms with Gasteiger partial charge in [0.1, 0.15) is 29.4 Å². The first kappa shape index (κ1) is 35.6. The molecule has 2 aromatic rings. The lowest BCUT2D eigenvalue weighted by molar-refractivity contribution is 0.461. The summed E-state index contributed by atoms with van der Waals surface area (Å²) in [5.41, 5.74) is -5.86. The van der Waals surface area contributed by atoms with Gasteiger partial charge in [-0.15, -0.1) is 0 Å². The van der Waals surface area contributed by atoms with E-state index in [-0.39, 0.29) is 0 Å². The molecule has 0 heterocycles. The lowest BCUT2D eigenvalue weighted by Gasteiger charge is -2.24. The lowest BCUT2D eigenvalue weighted by Crippen LogP contribution is -2.21. The molecule has 0 amide bonds. The molecule has 0 spiro atoms. The summed E-state index contributed by atoms with van der Waals surface area (Å²) in [5, 5.41) is 0. The maximum atomic E-state index is 12.5. The summed E-state index contributed by atoms with van der Waals surface area (Å²) >= 11 is 1.60. The average molecular weight is 914 g/mol. The molecule has 0 saturated heterocycles. The number of benzene rings is 2. The van der Waals surface area contributed by atoms with Crippen LogP contribution >= 0.6 is 45.2 Å². The Balaban J connectivity index is 3.93. The van der Waals surface area contributed by atoms with Crippen molar-refractivity contribution in [1.82, 2.24) is 0 Å². The summed E-state index contributed by atoms with van der Waals surface area (Å²) in [6.45, 7) is 1.07. The van der Waals surface area contributed by atoms with E-state index in [0.29, 0.717) is 13.8 Å². The molecule has 226 valence electrons. The van der Waals surface area contributed by atoms with E-state index < -0.39 is 119 Å². The lowest BCUT2D eigenvalue weighted by atomic mass is 9.96. The minimum atomic E-state index is -6.11. The second-order valence-corrected chi connectivity index (χ2v) is 17.8. The maximum absolute atomic E-state index is 12.5. The highest BCUT2D eigenvalue weighted by atomic mass is 127. The fourth-order valence-electron chi connectivity index (χ4n) is 3.70. The highest BCUT2D eigenvalue weighted by Crippen LogP contribution is 2.49. The van der Waals surface area contributed by atoms with Gasteiger partial charge in [-0.25, -0.2) is 0 Å². The molecular formula is C14H12I2O18S6. The summed E-state index contributed by atoms with van der Waals surface area (Å²) in [6.07, 6.45) is 0. The highest BCUT2D eigenvalue weighted by Gasteiger charge is 2.43. The molecule has 26 heteroatoms. The summed E-state index contributed by atoms with van der Waals surface area (Å²) < 4.78 is 204. The van der Waals surface area contributed by atoms with E-state index in [2.05, 4.69) is 0 Å². The van der Waals surface area contributed by atoms with Gasteiger partial charge in [-0.3, -0.25) is 27.3 Å². The quantitative estimate of drug-likeness (QED) is 0.164. The Morgan fingerprint density at radius 1 is 0.375 bits per heavy atom. The van der Waals surface area contributed by atoms with Crippen molar-refractivity contribution in [3.63, 3.8) is 0 Å². The van der Waals surface area contributed by atoms with E-state index in [9.17, 15) is 77.8 Å². The van der Waals surface area contributed by atoms with Gasteiger partial charge in [0.25, 0.3) is 60.7 Å². The predicted molar refractivity (Wildman–Crippen MR) is 146 cm³/mol. The molecule has 0 atom stereocenters. The summed E-state index contributed by atoms with van der Waals surface area (Å²) in [6, 6.07) is 0. The first-order valence-electron chi connectivity index (χ1n) is 8.95. The molecule has 0 unspecified atom stereocenters. The Kier molecular flexibility index (Phi) is 9.35. The third-order valence-electron chi connectivity index (χ3n) is 4.89. The van der Waals surface area contributed by atoms with Gasteiger partial charge >= 0.3 is 0 Å². The van der Waals surface area contributed by atoms with E-state index in [1.165, 1.54) is 0 Å². The first-order valence-corrected chi connectivity index (χ1v) is 19.7. The van der Waals surface area contributed by atoms with Crippen molar-refractivity contribution in [2.75, 3.05) is 0 Å². The van der Waals surface area contributed by atoms with E-state index >= 15 is 0 Å². The van der Waals surface area contributed by atoms with Crippen LogP contribution in [0.2, 0.25) is 0 Å². The van der Waals surface area contributed by atoms with E-state index in [1.807, 2.05) is 0 Å². The normalized spacial score (nSPS) is 13.9. The molecule has 0 radical (unpaired) electrons. The minimum absolute atomic E-state index is 0.536. The molecular weight excluding hydrogens is 902 g/mol. The van der Waals surface area contributed by atoms with Crippen LogP contribution in [0.25, 0.3) is 11.1 Å². The SMILES string of the molecule is Cc1c(-c2c(C)c(S(=O)(=O)O)c(I)c(S(=O)(=O)O)c2S(=O)(=O)O)c(S(=O)(=O)O)c(S(=O)(=O)O)c(I)c1S(=O)(=O)O. The van der Waals surface area contributed by atoms with Crippen LogP contribution in [0.4, 0.5) is 0 Å². The van der Waals surface area contributed by atoms with Crippen LogP contribution in [0.1, 0.15) is 11.1 Å². The van der Waals surface area contributed by atoms with Crippen molar-refractivity contribution in [1.29, 1.82) is 0 Å². The summed E-state index contributed by atoms with van der Waals surface area (Å²) in [7, 11) is -35.6. The predicted octanol–water partition coefficient (Wildman–Crippen LogP) is 0.660. The molecule has 0 fully saturated rings. The van der Waals surface area contributed by atoms with Crippen LogP contribution in [0.3, 0.4) is 0 Å². The summed E-state index contributed by atoms with van der Waals surface area (Å²) in [5.74, 6) is 0. The number of rotatable bonds is 7. The van der Waals surface area contributed by atoms with Gasteiger partial charge < -0.3 is 0 Å². The van der Waals surface area contributed by atoms with Gasteiger partial charge in [0.15, 0.2) is 0 Å². The zero-order valence-electron chi connectivity index (χ0n) is 18.8. The van der Waals surface area contributed by atoms with Crippen molar-refractivity contribution in [3.8, 4) is 11.1 Å². The van der Waals surface area contributed by atoms with Crippen LogP contribution in [0.5, 0.6) is 0 Å². The molecule has 2 rings (SSSR count). The molecule has 6 N–H and O–H groups in total. The molecule has 0 aliphatic heterocycles. The minimum Gasteiger partial charge on any atom is -0.282 e. The number of hydrogen-bond donors (Lipinski definition) is 6. The Hall–Kier alpha value is -0.640. The van der Waals surface area contributed by atoms with Gasteiger partial charge in [-0.2, -0.15) is 50.5 Å². The topological polar surface area (TPSA) is 326 Å². The molecule has 0 aromatic heterocycles. The molecule has 2 aromatic carbocycles. The first-order chi connectivity index (χ1) is 17.4. The Morgan fingerprint density at radius 2 is 0.550 bits per heavy atom. The zero-order valence-corrected chi connectivity index (χ0v) is 28.0. The molecule has 0 bridgehead atoms.